The highest BCUT2D eigenvalue weighted by Gasteiger charge is 2.26. The molecule has 0 spiro atoms. The molecule has 5 heteroatoms. The number of carboxylic acid groups (broad SMARTS) is 1. The lowest BCUT2D eigenvalue weighted by atomic mass is 9.90. The van der Waals surface area contributed by atoms with Crippen LogP contribution in [0.1, 0.15) is 37.8 Å². The van der Waals surface area contributed by atoms with E-state index in [1.165, 1.54) is 0 Å². The summed E-state index contributed by atoms with van der Waals surface area (Å²) in [4.78, 5) is 11.1. The van der Waals surface area contributed by atoms with Gasteiger partial charge in [-0.3, -0.25) is 4.79 Å². The van der Waals surface area contributed by atoms with Crippen molar-refractivity contribution in [1.82, 2.24) is 0 Å². The van der Waals surface area contributed by atoms with Crippen LogP contribution in [0.4, 0.5) is 0 Å². The van der Waals surface area contributed by atoms with E-state index in [2.05, 4.69) is 29.8 Å². The van der Waals surface area contributed by atoms with Crippen molar-refractivity contribution in [3.63, 3.8) is 0 Å². The molecule has 0 radical (unpaired) electrons. The molecule has 0 amide bonds. The first kappa shape index (κ1) is 15.2. The van der Waals surface area contributed by atoms with Gasteiger partial charge in [0.1, 0.15) is 13.2 Å². The highest BCUT2D eigenvalue weighted by Crippen LogP contribution is 2.45. The second-order valence-corrected chi connectivity index (χ2v) is 6.24. The Bertz CT molecular complexity index is 525. The predicted octanol–water partition coefficient (Wildman–Crippen LogP) is 3.61. The van der Waals surface area contributed by atoms with E-state index in [1.54, 1.807) is 6.92 Å². The number of benzene rings is 1. The number of aliphatic carboxylic acids is 1. The Labute approximate surface area is 127 Å². The first-order valence-corrected chi connectivity index (χ1v) is 7.54. The summed E-state index contributed by atoms with van der Waals surface area (Å²) in [7, 11) is 0. The maximum atomic E-state index is 11.1. The smallest absolute Gasteiger partial charge is 0.306 e. The Morgan fingerprint density at radius 2 is 1.90 bits per heavy atom. The fourth-order valence-electron chi connectivity index (χ4n) is 2.46. The van der Waals surface area contributed by atoms with Crippen LogP contribution in [0.25, 0.3) is 0 Å². The fourth-order valence-corrected chi connectivity index (χ4v) is 3.03. The van der Waals surface area contributed by atoms with Gasteiger partial charge in [0.2, 0.25) is 0 Å². The second kappa shape index (κ2) is 6.04. The van der Waals surface area contributed by atoms with Gasteiger partial charge in [0.15, 0.2) is 11.5 Å². The Morgan fingerprint density at radius 3 is 2.45 bits per heavy atom. The highest BCUT2D eigenvalue weighted by molar-refractivity contribution is 9.10. The molecule has 2 rings (SSSR count). The van der Waals surface area contributed by atoms with E-state index >= 15 is 0 Å². The quantitative estimate of drug-likeness (QED) is 0.907. The van der Waals surface area contributed by atoms with Gasteiger partial charge in [-0.15, -0.1) is 0 Å². The predicted molar refractivity (Wildman–Crippen MR) is 79.7 cm³/mol. The van der Waals surface area contributed by atoms with Crippen LogP contribution >= 0.6 is 15.9 Å². The number of ether oxygens (including phenoxy) is 2. The molecule has 1 aliphatic rings. The molecule has 0 aromatic heterocycles. The molecule has 1 aromatic carbocycles. The van der Waals surface area contributed by atoms with Gasteiger partial charge < -0.3 is 14.6 Å². The molecule has 0 saturated carbocycles. The van der Waals surface area contributed by atoms with Crippen molar-refractivity contribution in [2.24, 2.45) is 5.92 Å². The summed E-state index contributed by atoms with van der Waals surface area (Å²) in [6.45, 7) is 6.94. The summed E-state index contributed by atoms with van der Waals surface area (Å²) in [5, 5.41) is 9.11. The molecule has 20 heavy (non-hydrogen) atoms. The van der Waals surface area contributed by atoms with E-state index in [9.17, 15) is 4.79 Å². The van der Waals surface area contributed by atoms with Crippen LogP contribution in [-0.4, -0.2) is 24.3 Å². The first-order chi connectivity index (χ1) is 9.41. The SMILES string of the molecule is CC(Cc1cc(Br)c2c(c1C(C)C)OCCO2)C(=O)O. The number of rotatable bonds is 4. The Kier molecular flexibility index (Phi) is 4.58. The van der Waals surface area contributed by atoms with Gasteiger partial charge >= 0.3 is 5.97 Å². The zero-order valence-corrected chi connectivity index (χ0v) is 13.5. The summed E-state index contributed by atoms with van der Waals surface area (Å²) in [5.41, 5.74) is 2.06. The summed E-state index contributed by atoms with van der Waals surface area (Å²) in [6, 6.07) is 1.96. The third-order valence-corrected chi connectivity index (χ3v) is 4.00. The molecular weight excluding hydrogens is 324 g/mol. The molecule has 1 atom stereocenters. The van der Waals surface area contributed by atoms with Crippen LogP contribution < -0.4 is 9.47 Å². The molecule has 1 heterocycles. The molecule has 1 aromatic rings. The van der Waals surface area contributed by atoms with Gasteiger partial charge in [-0.1, -0.05) is 20.8 Å². The molecule has 1 unspecified atom stereocenters. The van der Waals surface area contributed by atoms with E-state index < -0.39 is 11.9 Å². The van der Waals surface area contributed by atoms with Crippen molar-refractivity contribution in [2.45, 2.75) is 33.1 Å². The van der Waals surface area contributed by atoms with Gasteiger partial charge in [0.05, 0.1) is 10.4 Å². The molecule has 4 nitrogen and oxygen atoms in total. The van der Waals surface area contributed by atoms with Crippen LogP contribution in [-0.2, 0) is 11.2 Å². The van der Waals surface area contributed by atoms with Gasteiger partial charge in [0.25, 0.3) is 0 Å². The minimum atomic E-state index is -0.786. The molecule has 0 fully saturated rings. The molecule has 0 bridgehead atoms. The number of carbonyl (C=O) groups is 1. The third-order valence-electron chi connectivity index (χ3n) is 3.42. The summed E-state index contributed by atoms with van der Waals surface area (Å²) >= 11 is 3.49. The van der Waals surface area contributed by atoms with Gasteiger partial charge in [0, 0.05) is 5.56 Å². The summed E-state index contributed by atoms with van der Waals surface area (Å²) in [6.07, 6.45) is 0.484. The van der Waals surface area contributed by atoms with E-state index in [-0.39, 0.29) is 5.92 Å². The van der Waals surface area contributed by atoms with E-state index in [0.29, 0.717) is 19.6 Å². The van der Waals surface area contributed by atoms with Gasteiger partial charge in [-0.2, -0.15) is 0 Å². The monoisotopic (exact) mass is 342 g/mol. The third kappa shape index (κ3) is 2.92. The van der Waals surface area contributed by atoms with Gasteiger partial charge in [-0.25, -0.2) is 0 Å². The normalized spacial score (nSPS) is 15.2. The van der Waals surface area contributed by atoms with Crippen molar-refractivity contribution in [2.75, 3.05) is 13.2 Å². The fraction of sp³-hybridized carbons (Fsp3) is 0.533. The van der Waals surface area contributed by atoms with Crippen molar-refractivity contribution in [1.29, 1.82) is 0 Å². The van der Waals surface area contributed by atoms with Crippen molar-refractivity contribution in [3.05, 3.63) is 21.7 Å². The molecule has 1 aliphatic heterocycles. The number of hydrogen-bond donors (Lipinski definition) is 1. The second-order valence-electron chi connectivity index (χ2n) is 5.38. The number of halogens is 1. The lowest BCUT2D eigenvalue weighted by Gasteiger charge is -2.26. The lowest BCUT2D eigenvalue weighted by Crippen LogP contribution is -2.19. The zero-order valence-electron chi connectivity index (χ0n) is 11.9. The average molecular weight is 343 g/mol. The summed E-state index contributed by atoms with van der Waals surface area (Å²) < 4.78 is 12.3. The van der Waals surface area contributed by atoms with E-state index in [4.69, 9.17) is 14.6 Å². The standard InChI is InChI=1S/C15H19BrO4/c1-8(2)12-10(6-9(3)15(17)18)7-11(16)13-14(12)20-5-4-19-13/h7-9H,4-6H2,1-3H3,(H,17,18). The molecule has 0 aliphatic carbocycles. The lowest BCUT2D eigenvalue weighted by molar-refractivity contribution is -0.141. The molecule has 110 valence electrons. The highest BCUT2D eigenvalue weighted by atomic mass is 79.9. The number of hydrogen-bond acceptors (Lipinski definition) is 3. The van der Waals surface area contributed by atoms with Crippen LogP contribution in [0.5, 0.6) is 11.5 Å². The first-order valence-electron chi connectivity index (χ1n) is 6.75. The molecular formula is C15H19BrO4. The molecule has 0 saturated heterocycles. The van der Waals surface area contributed by atoms with Crippen LogP contribution in [0.2, 0.25) is 0 Å². The van der Waals surface area contributed by atoms with Crippen molar-refractivity contribution >= 4 is 21.9 Å². The van der Waals surface area contributed by atoms with E-state index in [1.807, 2.05) is 6.07 Å². The maximum Gasteiger partial charge on any atom is 0.306 e. The minimum absolute atomic E-state index is 0.245. The minimum Gasteiger partial charge on any atom is -0.486 e. The Balaban J connectivity index is 2.50. The summed E-state index contributed by atoms with van der Waals surface area (Å²) in [5.74, 6) is 0.516. The molecule has 1 N–H and O–H groups in total. The largest absolute Gasteiger partial charge is 0.486 e. The van der Waals surface area contributed by atoms with Crippen LogP contribution in [0, 0.1) is 5.92 Å². The van der Waals surface area contributed by atoms with Crippen molar-refractivity contribution < 1.29 is 19.4 Å². The van der Waals surface area contributed by atoms with Crippen LogP contribution in [0.3, 0.4) is 0 Å². The zero-order chi connectivity index (χ0) is 14.9. The number of fused-ring (bicyclic) bond motifs is 1. The van der Waals surface area contributed by atoms with Crippen molar-refractivity contribution in [3.8, 4) is 11.5 Å². The topological polar surface area (TPSA) is 55.8 Å². The van der Waals surface area contributed by atoms with Gasteiger partial charge in [-0.05, 0) is 39.9 Å². The number of carboxylic acids is 1. The van der Waals surface area contributed by atoms with E-state index in [0.717, 1.165) is 27.1 Å². The average Bonchev–Trinajstić information content (AvgIpc) is 2.38. The Morgan fingerprint density at radius 1 is 1.30 bits per heavy atom. The Hall–Kier alpha value is -1.23. The maximum absolute atomic E-state index is 11.1. The van der Waals surface area contributed by atoms with Crippen LogP contribution in [0.15, 0.2) is 10.5 Å².